The minimum absolute atomic E-state index is 0.0839. The van der Waals surface area contributed by atoms with Crippen LogP contribution in [0.1, 0.15) is 21.7 Å². The Kier molecular flexibility index (Phi) is 3.80. The number of amides is 1. The standard InChI is InChI=1S/C11H17N3O/c1-8-5-6-9(11(15)12-2)10(13-8)7-14(3)4/h5-6H,7H2,1-4H3,(H,12,15). The molecule has 0 saturated heterocycles. The van der Waals surface area contributed by atoms with Crippen LogP contribution in [0.4, 0.5) is 0 Å². The van der Waals surface area contributed by atoms with Crippen molar-refractivity contribution in [3.8, 4) is 0 Å². The monoisotopic (exact) mass is 207 g/mol. The van der Waals surface area contributed by atoms with Crippen molar-refractivity contribution in [2.45, 2.75) is 13.5 Å². The van der Waals surface area contributed by atoms with Crippen molar-refractivity contribution in [2.75, 3.05) is 21.1 Å². The fourth-order valence-electron chi connectivity index (χ4n) is 1.37. The molecule has 0 atom stereocenters. The van der Waals surface area contributed by atoms with Crippen LogP contribution < -0.4 is 5.32 Å². The highest BCUT2D eigenvalue weighted by atomic mass is 16.1. The normalized spacial score (nSPS) is 10.5. The number of nitrogens with one attached hydrogen (secondary N) is 1. The lowest BCUT2D eigenvalue weighted by Crippen LogP contribution is -2.23. The van der Waals surface area contributed by atoms with Crippen LogP contribution >= 0.6 is 0 Å². The number of rotatable bonds is 3. The quantitative estimate of drug-likeness (QED) is 0.797. The van der Waals surface area contributed by atoms with Gasteiger partial charge in [-0.05, 0) is 33.2 Å². The third-order valence-corrected chi connectivity index (χ3v) is 2.05. The zero-order valence-corrected chi connectivity index (χ0v) is 9.66. The third-order valence-electron chi connectivity index (χ3n) is 2.05. The molecule has 1 aromatic rings. The van der Waals surface area contributed by atoms with Crippen LogP contribution in [0.5, 0.6) is 0 Å². The molecule has 82 valence electrons. The number of hydrogen-bond donors (Lipinski definition) is 1. The van der Waals surface area contributed by atoms with Crippen LogP contribution in [-0.4, -0.2) is 36.9 Å². The summed E-state index contributed by atoms with van der Waals surface area (Å²) >= 11 is 0. The van der Waals surface area contributed by atoms with Gasteiger partial charge in [0.15, 0.2) is 0 Å². The van der Waals surface area contributed by atoms with Crippen molar-refractivity contribution >= 4 is 5.91 Å². The molecule has 1 rings (SSSR count). The Hall–Kier alpha value is -1.42. The molecular formula is C11H17N3O. The van der Waals surface area contributed by atoms with E-state index >= 15 is 0 Å². The molecule has 1 N–H and O–H groups in total. The van der Waals surface area contributed by atoms with Crippen LogP contribution in [0.3, 0.4) is 0 Å². The number of aryl methyl sites for hydroxylation is 1. The Morgan fingerprint density at radius 1 is 1.47 bits per heavy atom. The SMILES string of the molecule is CNC(=O)c1ccc(C)nc1CN(C)C. The predicted molar refractivity (Wildman–Crippen MR) is 59.8 cm³/mol. The van der Waals surface area contributed by atoms with Gasteiger partial charge in [0.2, 0.25) is 0 Å². The van der Waals surface area contributed by atoms with Gasteiger partial charge >= 0.3 is 0 Å². The van der Waals surface area contributed by atoms with Gasteiger partial charge in [-0.25, -0.2) is 0 Å². The lowest BCUT2D eigenvalue weighted by atomic mass is 10.1. The van der Waals surface area contributed by atoms with E-state index in [1.807, 2.05) is 38.1 Å². The number of carbonyl (C=O) groups is 1. The minimum Gasteiger partial charge on any atom is -0.355 e. The molecule has 0 bridgehead atoms. The molecule has 0 spiro atoms. The third kappa shape index (κ3) is 3.02. The van der Waals surface area contributed by atoms with E-state index in [1.165, 1.54) is 0 Å². The van der Waals surface area contributed by atoms with E-state index < -0.39 is 0 Å². The van der Waals surface area contributed by atoms with Crippen molar-refractivity contribution in [3.05, 3.63) is 29.1 Å². The molecule has 0 unspecified atom stereocenters. The maximum Gasteiger partial charge on any atom is 0.252 e. The highest BCUT2D eigenvalue weighted by Crippen LogP contribution is 2.09. The van der Waals surface area contributed by atoms with Gasteiger partial charge in [0, 0.05) is 19.3 Å². The van der Waals surface area contributed by atoms with E-state index in [4.69, 9.17) is 0 Å². The minimum atomic E-state index is -0.0839. The van der Waals surface area contributed by atoms with E-state index in [-0.39, 0.29) is 5.91 Å². The highest BCUT2D eigenvalue weighted by molar-refractivity contribution is 5.95. The summed E-state index contributed by atoms with van der Waals surface area (Å²) in [6, 6.07) is 3.67. The summed E-state index contributed by atoms with van der Waals surface area (Å²) in [7, 11) is 5.54. The van der Waals surface area contributed by atoms with Gasteiger partial charge in [-0.1, -0.05) is 0 Å². The number of carbonyl (C=O) groups excluding carboxylic acids is 1. The second-order valence-electron chi connectivity index (χ2n) is 3.76. The van der Waals surface area contributed by atoms with Crippen LogP contribution in [-0.2, 0) is 6.54 Å². The van der Waals surface area contributed by atoms with E-state index in [1.54, 1.807) is 7.05 Å². The summed E-state index contributed by atoms with van der Waals surface area (Å²) in [6.07, 6.45) is 0. The van der Waals surface area contributed by atoms with Crippen LogP contribution in [0.25, 0.3) is 0 Å². The van der Waals surface area contributed by atoms with E-state index in [2.05, 4.69) is 10.3 Å². The molecule has 0 aromatic carbocycles. The van der Waals surface area contributed by atoms with Crippen molar-refractivity contribution in [3.63, 3.8) is 0 Å². The number of hydrogen-bond acceptors (Lipinski definition) is 3. The van der Waals surface area contributed by atoms with Gasteiger partial charge in [0.05, 0.1) is 11.3 Å². The average molecular weight is 207 g/mol. The van der Waals surface area contributed by atoms with E-state index in [9.17, 15) is 4.79 Å². The lowest BCUT2D eigenvalue weighted by Gasteiger charge is -2.12. The fourth-order valence-corrected chi connectivity index (χ4v) is 1.37. The molecule has 0 fully saturated rings. The zero-order valence-electron chi connectivity index (χ0n) is 9.66. The van der Waals surface area contributed by atoms with Gasteiger partial charge < -0.3 is 10.2 Å². The molecule has 4 nitrogen and oxygen atoms in total. The molecule has 1 heterocycles. The molecule has 0 saturated carbocycles. The topological polar surface area (TPSA) is 45.2 Å². The molecule has 0 radical (unpaired) electrons. The van der Waals surface area contributed by atoms with E-state index in [0.29, 0.717) is 12.1 Å². The van der Waals surface area contributed by atoms with Crippen LogP contribution in [0, 0.1) is 6.92 Å². The number of aromatic nitrogens is 1. The highest BCUT2D eigenvalue weighted by Gasteiger charge is 2.11. The summed E-state index contributed by atoms with van der Waals surface area (Å²) in [5, 5.41) is 2.62. The van der Waals surface area contributed by atoms with Gasteiger partial charge in [-0.2, -0.15) is 0 Å². The molecule has 0 aliphatic rings. The maximum absolute atomic E-state index is 11.6. The smallest absolute Gasteiger partial charge is 0.252 e. The van der Waals surface area contributed by atoms with Crippen LogP contribution in [0.2, 0.25) is 0 Å². The summed E-state index contributed by atoms with van der Waals surface area (Å²) in [4.78, 5) is 17.9. The zero-order chi connectivity index (χ0) is 11.4. The lowest BCUT2D eigenvalue weighted by molar-refractivity contribution is 0.0961. The molecule has 15 heavy (non-hydrogen) atoms. The number of pyridine rings is 1. The first-order valence-electron chi connectivity index (χ1n) is 4.88. The first kappa shape index (κ1) is 11.7. The van der Waals surface area contributed by atoms with Gasteiger partial charge in [-0.15, -0.1) is 0 Å². The Balaban J connectivity index is 3.08. The summed E-state index contributed by atoms with van der Waals surface area (Å²) in [5.41, 5.74) is 2.40. The second-order valence-corrected chi connectivity index (χ2v) is 3.76. The molecular weight excluding hydrogens is 190 g/mol. The largest absolute Gasteiger partial charge is 0.355 e. The maximum atomic E-state index is 11.6. The van der Waals surface area contributed by atoms with Crippen LogP contribution in [0.15, 0.2) is 12.1 Å². The molecule has 1 aromatic heterocycles. The van der Waals surface area contributed by atoms with Gasteiger partial charge in [0.1, 0.15) is 0 Å². The summed E-state index contributed by atoms with van der Waals surface area (Å²) in [6.45, 7) is 2.59. The first-order chi connectivity index (χ1) is 7.04. The van der Waals surface area contributed by atoms with Gasteiger partial charge in [-0.3, -0.25) is 9.78 Å². The molecule has 1 amide bonds. The molecule has 0 aliphatic carbocycles. The van der Waals surface area contributed by atoms with Crippen molar-refractivity contribution in [2.24, 2.45) is 0 Å². The fraction of sp³-hybridized carbons (Fsp3) is 0.455. The second kappa shape index (κ2) is 4.89. The van der Waals surface area contributed by atoms with Crippen molar-refractivity contribution in [1.29, 1.82) is 0 Å². The van der Waals surface area contributed by atoms with E-state index in [0.717, 1.165) is 11.4 Å². The van der Waals surface area contributed by atoms with Crippen molar-refractivity contribution < 1.29 is 4.79 Å². The Labute approximate surface area is 90.3 Å². The number of nitrogens with zero attached hydrogens (tertiary/aromatic N) is 2. The summed E-state index contributed by atoms with van der Waals surface area (Å²) < 4.78 is 0. The Morgan fingerprint density at radius 2 is 2.13 bits per heavy atom. The molecule has 4 heteroatoms. The van der Waals surface area contributed by atoms with Crippen molar-refractivity contribution in [1.82, 2.24) is 15.2 Å². The summed E-state index contributed by atoms with van der Waals surface area (Å²) in [5.74, 6) is -0.0839. The Morgan fingerprint density at radius 3 is 2.67 bits per heavy atom. The Bertz CT molecular complexity index is 361. The van der Waals surface area contributed by atoms with Gasteiger partial charge in [0.25, 0.3) is 5.91 Å². The predicted octanol–water partition coefficient (Wildman–Crippen LogP) is 0.811. The first-order valence-corrected chi connectivity index (χ1v) is 4.88. The molecule has 0 aliphatic heterocycles. The average Bonchev–Trinajstić information content (AvgIpc) is 2.16.